The molecule has 1 aromatic carbocycles. The summed E-state index contributed by atoms with van der Waals surface area (Å²) in [4.78, 5) is 29.3. The fourth-order valence-corrected chi connectivity index (χ4v) is 14.8. The first-order valence-electron chi connectivity index (χ1n) is 21.5. The van der Waals surface area contributed by atoms with Crippen molar-refractivity contribution in [2.24, 2.45) is 56.7 Å². The molecule has 0 bridgehead atoms. The lowest BCUT2D eigenvalue weighted by atomic mass is 9.33. The number of hydrogen-bond donors (Lipinski definition) is 2. The highest BCUT2D eigenvalue weighted by atomic mass is 16.4. The molecule has 6 fully saturated rings. The lowest BCUT2D eigenvalue weighted by Gasteiger charge is -2.72. The zero-order valence-corrected chi connectivity index (χ0v) is 34.2. The summed E-state index contributed by atoms with van der Waals surface area (Å²) in [6, 6.07) is 7.64. The van der Waals surface area contributed by atoms with Gasteiger partial charge in [0.05, 0.1) is 5.56 Å². The van der Waals surface area contributed by atoms with Gasteiger partial charge < -0.3 is 15.3 Å². The van der Waals surface area contributed by atoms with E-state index in [1.165, 1.54) is 68.1 Å². The van der Waals surface area contributed by atoms with Crippen molar-refractivity contribution in [1.82, 2.24) is 15.1 Å². The van der Waals surface area contributed by atoms with Crippen molar-refractivity contribution in [1.29, 1.82) is 0 Å². The Kier molecular flexibility index (Phi) is 9.05. The van der Waals surface area contributed by atoms with Crippen LogP contribution >= 0.6 is 0 Å². The average molecular weight is 724 g/mol. The Bertz CT molecular complexity index is 1670. The van der Waals surface area contributed by atoms with Gasteiger partial charge in [-0.25, -0.2) is 4.79 Å². The van der Waals surface area contributed by atoms with E-state index in [9.17, 15) is 14.7 Å². The van der Waals surface area contributed by atoms with Crippen LogP contribution in [-0.2, 0) is 4.79 Å². The van der Waals surface area contributed by atoms with Crippen LogP contribution in [0.4, 0.5) is 0 Å². The Morgan fingerprint density at radius 1 is 0.830 bits per heavy atom. The van der Waals surface area contributed by atoms with E-state index in [0.717, 1.165) is 58.5 Å². The number of rotatable bonds is 8. The molecule has 53 heavy (non-hydrogen) atoms. The minimum absolute atomic E-state index is 0.0243. The maximum absolute atomic E-state index is 13.0. The molecule has 5 saturated carbocycles. The third-order valence-corrected chi connectivity index (χ3v) is 18.2. The summed E-state index contributed by atoms with van der Waals surface area (Å²) in [5.74, 6) is 2.79. The smallest absolute Gasteiger partial charge is 0.335 e. The van der Waals surface area contributed by atoms with Crippen molar-refractivity contribution in [2.45, 2.75) is 125 Å². The van der Waals surface area contributed by atoms with Crippen LogP contribution in [0.25, 0.3) is 5.57 Å². The molecule has 1 aromatic rings. The van der Waals surface area contributed by atoms with Crippen LogP contribution in [-0.4, -0.2) is 71.6 Å². The van der Waals surface area contributed by atoms with Crippen LogP contribution in [0, 0.1) is 56.7 Å². The van der Waals surface area contributed by atoms with Crippen molar-refractivity contribution in [3.05, 3.63) is 53.6 Å². The first kappa shape index (κ1) is 37.5. The molecule has 2 N–H and O–H groups in total. The SMILES string of the molecule is C=C(C)[C@@H]1CC[C@]2(NCCN3CCN(C(=O)C4(C)CC4)CC3)CC[C@]3(C)[C@H](CC[C@@H]4[C@@]5(C)CC=C(c6ccc(C(=O)O)cc6)C(C)(C)[C@@H]5CC[C@]43C)[C@@H]12. The van der Waals surface area contributed by atoms with Gasteiger partial charge >= 0.3 is 5.97 Å². The van der Waals surface area contributed by atoms with Crippen LogP contribution in [0.2, 0.25) is 0 Å². The Labute approximate surface area is 320 Å². The second kappa shape index (κ2) is 12.8. The van der Waals surface area contributed by atoms with Crippen molar-refractivity contribution in [3.8, 4) is 0 Å². The van der Waals surface area contributed by atoms with Crippen LogP contribution in [0.3, 0.4) is 0 Å². The Balaban J connectivity index is 0.999. The van der Waals surface area contributed by atoms with E-state index in [2.05, 4.69) is 76.2 Å². The first-order chi connectivity index (χ1) is 25.0. The Morgan fingerprint density at radius 2 is 1.53 bits per heavy atom. The predicted octanol–water partition coefficient (Wildman–Crippen LogP) is 9.32. The number of carboxylic acids is 1. The van der Waals surface area contributed by atoms with Gasteiger partial charge in [-0.1, -0.05) is 71.9 Å². The fourth-order valence-electron chi connectivity index (χ4n) is 14.8. The average Bonchev–Trinajstić information content (AvgIpc) is 3.75. The molecule has 0 radical (unpaired) electrons. The number of amides is 1. The maximum atomic E-state index is 13.0. The lowest BCUT2D eigenvalue weighted by molar-refractivity contribution is -0.219. The number of aromatic carboxylic acids is 1. The van der Waals surface area contributed by atoms with Gasteiger partial charge in [0.15, 0.2) is 0 Å². The van der Waals surface area contributed by atoms with Gasteiger partial charge in [-0.15, -0.1) is 0 Å². The number of carboxylic acid groups (broad SMARTS) is 1. The molecule has 8 rings (SSSR count). The zero-order valence-electron chi connectivity index (χ0n) is 34.2. The molecule has 1 amide bonds. The van der Waals surface area contributed by atoms with Crippen molar-refractivity contribution in [2.75, 3.05) is 39.3 Å². The Morgan fingerprint density at radius 3 is 2.17 bits per heavy atom. The quantitative estimate of drug-likeness (QED) is 0.262. The van der Waals surface area contributed by atoms with Crippen LogP contribution in [0.5, 0.6) is 0 Å². The summed E-state index contributed by atoms with van der Waals surface area (Å²) in [5, 5.41) is 13.8. The van der Waals surface area contributed by atoms with Gasteiger partial charge in [0.25, 0.3) is 0 Å². The van der Waals surface area contributed by atoms with Crippen LogP contribution < -0.4 is 5.32 Å². The number of piperazine rings is 1. The first-order valence-corrected chi connectivity index (χ1v) is 21.5. The molecule has 1 saturated heterocycles. The Hall–Kier alpha value is -2.44. The van der Waals surface area contributed by atoms with Gasteiger partial charge in [-0.2, -0.15) is 0 Å². The monoisotopic (exact) mass is 724 g/mol. The molecule has 290 valence electrons. The lowest BCUT2D eigenvalue weighted by Crippen LogP contribution is -2.68. The third-order valence-electron chi connectivity index (χ3n) is 18.2. The third kappa shape index (κ3) is 5.67. The van der Waals surface area contributed by atoms with Crippen LogP contribution in [0.15, 0.2) is 42.5 Å². The van der Waals surface area contributed by atoms with Crippen molar-refractivity contribution >= 4 is 17.4 Å². The largest absolute Gasteiger partial charge is 0.478 e. The summed E-state index contributed by atoms with van der Waals surface area (Å²) in [6.45, 7) is 28.1. The van der Waals surface area contributed by atoms with Gasteiger partial charge in [-0.3, -0.25) is 9.69 Å². The van der Waals surface area contributed by atoms with Crippen LogP contribution in [0.1, 0.15) is 135 Å². The van der Waals surface area contributed by atoms with E-state index in [4.69, 9.17) is 0 Å². The summed E-state index contributed by atoms with van der Waals surface area (Å²) in [6.07, 6.45) is 16.2. The number of carbonyl (C=O) groups is 2. The molecular formula is C47H69N3O3. The van der Waals surface area contributed by atoms with E-state index in [1.807, 2.05) is 12.1 Å². The minimum Gasteiger partial charge on any atom is -0.478 e. The maximum Gasteiger partial charge on any atom is 0.335 e. The van der Waals surface area contributed by atoms with E-state index < -0.39 is 5.97 Å². The summed E-state index contributed by atoms with van der Waals surface area (Å²) in [7, 11) is 0. The van der Waals surface area contributed by atoms with E-state index >= 15 is 0 Å². The normalized spacial score (nSPS) is 41.3. The molecule has 0 spiro atoms. The molecule has 6 aliphatic carbocycles. The molecule has 6 heteroatoms. The highest BCUT2D eigenvalue weighted by Crippen LogP contribution is 2.76. The van der Waals surface area contributed by atoms with Gasteiger partial charge in [-0.05, 0) is 152 Å². The molecule has 1 heterocycles. The minimum atomic E-state index is -0.860. The predicted molar refractivity (Wildman–Crippen MR) is 214 cm³/mol. The number of allylic oxidation sites excluding steroid dienone is 3. The highest BCUT2D eigenvalue weighted by Gasteiger charge is 2.70. The number of benzene rings is 1. The van der Waals surface area contributed by atoms with E-state index in [0.29, 0.717) is 51.9 Å². The van der Waals surface area contributed by atoms with E-state index in [-0.39, 0.29) is 21.8 Å². The van der Waals surface area contributed by atoms with Gasteiger partial charge in [0.1, 0.15) is 0 Å². The number of nitrogens with zero attached hydrogens (tertiary/aromatic N) is 2. The molecule has 0 aromatic heterocycles. The van der Waals surface area contributed by atoms with Crippen molar-refractivity contribution < 1.29 is 14.7 Å². The molecule has 6 nitrogen and oxygen atoms in total. The van der Waals surface area contributed by atoms with Crippen molar-refractivity contribution in [3.63, 3.8) is 0 Å². The molecule has 0 unspecified atom stereocenters. The van der Waals surface area contributed by atoms with Gasteiger partial charge in [0, 0.05) is 50.2 Å². The molecule has 1 aliphatic heterocycles. The number of fused-ring (bicyclic) bond motifs is 7. The summed E-state index contributed by atoms with van der Waals surface area (Å²) in [5.41, 5.74) is 5.38. The highest BCUT2D eigenvalue weighted by molar-refractivity contribution is 5.88. The second-order valence-corrected chi connectivity index (χ2v) is 20.9. The zero-order chi connectivity index (χ0) is 37.8. The number of hydrogen-bond acceptors (Lipinski definition) is 4. The number of carbonyl (C=O) groups excluding carboxylic acids is 1. The van der Waals surface area contributed by atoms with Gasteiger partial charge in [0.2, 0.25) is 5.91 Å². The number of nitrogens with one attached hydrogen (secondary N) is 1. The summed E-state index contributed by atoms with van der Waals surface area (Å²) >= 11 is 0. The molecule has 7 aliphatic rings. The molecule has 9 atom stereocenters. The standard InChI is InChI=1S/C47H69N3O3/c1-31(2)34-15-20-47(48-25-26-49-27-29-50(30-28-49)41(53)43(5)21-22-43)24-23-45(7)36(39(34)47)13-14-38-44(6)18-16-35(32-9-11-33(12-10-32)40(51)52)42(3,4)37(44)17-19-46(38,45)8/h9-12,16,34,36-39,48H,1,13-15,17-30H2,2-8H3,(H,51,52)/t34-,36+,37-,38+,39+,44-,45+,46+,47-/m0/s1. The topological polar surface area (TPSA) is 72.9 Å². The fraction of sp³-hybridized carbons (Fsp3) is 0.745. The van der Waals surface area contributed by atoms with E-state index in [1.54, 1.807) is 12.1 Å². The summed E-state index contributed by atoms with van der Waals surface area (Å²) < 4.78 is 0. The second-order valence-electron chi connectivity index (χ2n) is 20.9. The molecular weight excluding hydrogens is 655 g/mol.